The van der Waals surface area contributed by atoms with Crippen molar-refractivity contribution in [1.29, 1.82) is 0 Å². The van der Waals surface area contributed by atoms with Crippen LogP contribution in [0.3, 0.4) is 0 Å². The number of hydrogen-bond donors (Lipinski definition) is 3. The summed E-state index contributed by atoms with van der Waals surface area (Å²) in [7, 11) is 0. The number of phenols is 1. The Morgan fingerprint density at radius 1 is 1.00 bits per heavy atom. The number of aromatic hydroxyl groups is 1. The van der Waals surface area contributed by atoms with E-state index in [4.69, 9.17) is 0 Å². The Balaban J connectivity index is 1.78. The number of aliphatic hydroxyl groups is 2. The molecule has 0 spiro atoms. The number of benzene rings is 2. The van der Waals surface area contributed by atoms with E-state index >= 15 is 0 Å². The summed E-state index contributed by atoms with van der Waals surface area (Å²) in [6, 6.07) is 20.9. The van der Waals surface area contributed by atoms with Crippen LogP contribution in [0.4, 0.5) is 0 Å². The molecule has 3 nitrogen and oxygen atoms in total. The standard InChI is InChI=1S/C25H26O3S/c1-2-22(25(28)24-12-7-15-29-24)23(27)14-13-20(19-9-4-3-5-10-19)16-18-8-6-11-21(26)17-18/h2-12,15-17,22-23,25-28H,1,13-14H2/b20-16-/t22-,23-,25+/m1/s1. The lowest BCUT2D eigenvalue weighted by molar-refractivity contribution is 0.0343. The Labute approximate surface area is 175 Å². The fourth-order valence-corrected chi connectivity index (χ4v) is 4.18. The lowest BCUT2D eigenvalue weighted by Crippen LogP contribution is -2.24. The van der Waals surface area contributed by atoms with E-state index in [-0.39, 0.29) is 5.75 Å². The number of aliphatic hydroxyl groups excluding tert-OH is 2. The summed E-state index contributed by atoms with van der Waals surface area (Å²) in [5.74, 6) is -0.219. The minimum absolute atomic E-state index is 0.219. The summed E-state index contributed by atoms with van der Waals surface area (Å²) in [4.78, 5) is 0.826. The van der Waals surface area contributed by atoms with Gasteiger partial charge in [0.05, 0.1) is 12.2 Å². The minimum Gasteiger partial charge on any atom is -0.508 e. The van der Waals surface area contributed by atoms with Crippen LogP contribution in [0.25, 0.3) is 11.6 Å². The first-order valence-corrected chi connectivity index (χ1v) is 10.5. The molecular formula is C25H26O3S. The molecular weight excluding hydrogens is 380 g/mol. The van der Waals surface area contributed by atoms with Gasteiger partial charge in [-0.15, -0.1) is 17.9 Å². The summed E-state index contributed by atoms with van der Waals surface area (Å²) in [6.07, 6.45) is 3.29. The first kappa shape index (κ1) is 21.1. The van der Waals surface area contributed by atoms with E-state index in [9.17, 15) is 15.3 Å². The lowest BCUT2D eigenvalue weighted by atomic mass is 9.89. The number of rotatable bonds is 9. The first-order chi connectivity index (χ1) is 14.1. The van der Waals surface area contributed by atoms with E-state index in [0.29, 0.717) is 12.8 Å². The molecule has 0 radical (unpaired) electrons. The van der Waals surface area contributed by atoms with Crippen LogP contribution in [0, 0.1) is 5.92 Å². The molecule has 0 amide bonds. The molecule has 0 fully saturated rings. The van der Waals surface area contributed by atoms with Crippen molar-refractivity contribution in [2.45, 2.75) is 25.0 Å². The van der Waals surface area contributed by atoms with Crippen molar-refractivity contribution in [2.75, 3.05) is 0 Å². The van der Waals surface area contributed by atoms with Crippen molar-refractivity contribution in [1.82, 2.24) is 0 Å². The van der Waals surface area contributed by atoms with Gasteiger partial charge in [-0.25, -0.2) is 0 Å². The van der Waals surface area contributed by atoms with Crippen molar-refractivity contribution < 1.29 is 15.3 Å². The van der Waals surface area contributed by atoms with Crippen LogP contribution in [-0.2, 0) is 0 Å². The van der Waals surface area contributed by atoms with E-state index in [1.807, 2.05) is 66.1 Å². The molecule has 2 aromatic carbocycles. The SMILES string of the molecule is C=C[C@H]([C@H](O)CC/C(=C/c1cccc(O)c1)c1ccccc1)[C@H](O)c1cccs1. The molecule has 4 heteroatoms. The van der Waals surface area contributed by atoms with E-state index in [1.165, 1.54) is 11.3 Å². The van der Waals surface area contributed by atoms with Crippen LogP contribution in [0.1, 0.15) is 34.9 Å². The summed E-state index contributed by atoms with van der Waals surface area (Å²) in [6.45, 7) is 3.82. The maximum Gasteiger partial charge on any atom is 0.116 e. The van der Waals surface area contributed by atoms with E-state index in [1.54, 1.807) is 18.2 Å². The Bertz CT molecular complexity index is 932. The fourth-order valence-electron chi connectivity index (χ4n) is 3.41. The molecule has 0 unspecified atom stereocenters. The second-order valence-corrected chi connectivity index (χ2v) is 7.99. The molecule has 0 saturated heterocycles. The number of hydrogen-bond acceptors (Lipinski definition) is 4. The van der Waals surface area contributed by atoms with Crippen molar-refractivity contribution in [3.8, 4) is 5.75 Å². The largest absolute Gasteiger partial charge is 0.508 e. The average molecular weight is 407 g/mol. The molecule has 3 atom stereocenters. The zero-order valence-corrected chi connectivity index (χ0v) is 17.0. The van der Waals surface area contributed by atoms with Gasteiger partial charge in [-0.2, -0.15) is 0 Å². The van der Waals surface area contributed by atoms with Crippen LogP contribution in [0.15, 0.2) is 84.8 Å². The summed E-state index contributed by atoms with van der Waals surface area (Å²) in [5.41, 5.74) is 3.03. The highest BCUT2D eigenvalue weighted by molar-refractivity contribution is 7.10. The topological polar surface area (TPSA) is 60.7 Å². The predicted molar refractivity (Wildman–Crippen MR) is 121 cm³/mol. The maximum absolute atomic E-state index is 10.8. The first-order valence-electron chi connectivity index (χ1n) is 9.65. The normalized spacial score (nSPS) is 14.9. The third-order valence-electron chi connectivity index (χ3n) is 4.98. The van der Waals surface area contributed by atoms with Gasteiger partial charge in [0.25, 0.3) is 0 Å². The smallest absolute Gasteiger partial charge is 0.116 e. The molecule has 150 valence electrons. The number of phenolic OH excluding ortho intramolecular Hbond substituents is 1. The van der Waals surface area contributed by atoms with Crippen molar-refractivity contribution in [3.05, 3.63) is 101 Å². The molecule has 3 aromatic rings. The highest BCUT2D eigenvalue weighted by Gasteiger charge is 2.26. The van der Waals surface area contributed by atoms with Gasteiger partial charge in [0.15, 0.2) is 0 Å². The second kappa shape index (κ2) is 10.2. The molecule has 0 saturated carbocycles. The van der Waals surface area contributed by atoms with Gasteiger partial charge in [-0.3, -0.25) is 0 Å². The third-order valence-corrected chi connectivity index (χ3v) is 5.92. The van der Waals surface area contributed by atoms with Crippen molar-refractivity contribution in [2.24, 2.45) is 5.92 Å². The van der Waals surface area contributed by atoms with Crippen LogP contribution in [0.2, 0.25) is 0 Å². The van der Waals surface area contributed by atoms with Crippen LogP contribution >= 0.6 is 11.3 Å². The van der Waals surface area contributed by atoms with Gasteiger partial charge in [-0.1, -0.05) is 60.7 Å². The molecule has 1 heterocycles. The van der Waals surface area contributed by atoms with Crippen LogP contribution in [-0.4, -0.2) is 21.4 Å². The zero-order chi connectivity index (χ0) is 20.6. The Hall–Kier alpha value is -2.66. The molecule has 0 aliphatic heterocycles. The zero-order valence-electron chi connectivity index (χ0n) is 16.2. The van der Waals surface area contributed by atoms with E-state index < -0.39 is 18.1 Å². The monoisotopic (exact) mass is 406 g/mol. The number of allylic oxidation sites excluding steroid dienone is 1. The molecule has 0 aliphatic rings. The molecule has 0 aliphatic carbocycles. The summed E-state index contributed by atoms with van der Waals surface area (Å²) >= 11 is 1.47. The summed E-state index contributed by atoms with van der Waals surface area (Å²) in [5, 5.41) is 33.1. The maximum atomic E-state index is 10.8. The lowest BCUT2D eigenvalue weighted by Gasteiger charge is -2.24. The number of thiophene rings is 1. The second-order valence-electron chi connectivity index (χ2n) is 7.01. The molecule has 3 rings (SSSR count). The van der Waals surface area contributed by atoms with E-state index in [2.05, 4.69) is 6.58 Å². The van der Waals surface area contributed by atoms with Gasteiger partial charge in [0.2, 0.25) is 0 Å². The average Bonchev–Trinajstić information content (AvgIpc) is 3.27. The third kappa shape index (κ3) is 5.67. The molecule has 1 aromatic heterocycles. The van der Waals surface area contributed by atoms with Gasteiger partial charge in [-0.05, 0) is 53.1 Å². The van der Waals surface area contributed by atoms with Crippen molar-refractivity contribution in [3.63, 3.8) is 0 Å². The molecule has 0 bridgehead atoms. The highest BCUT2D eigenvalue weighted by Crippen LogP contribution is 2.32. The molecule has 29 heavy (non-hydrogen) atoms. The van der Waals surface area contributed by atoms with E-state index in [0.717, 1.165) is 21.6 Å². The quantitative estimate of drug-likeness (QED) is 0.317. The van der Waals surface area contributed by atoms with Crippen molar-refractivity contribution >= 4 is 23.0 Å². The summed E-state index contributed by atoms with van der Waals surface area (Å²) < 4.78 is 0. The van der Waals surface area contributed by atoms with Crippen LogP contribution < -0.4 is 0 Å². The minimum atomic E-state index is -0.766. The van der Waals surface area contributed by atoms with Gasteiger partial charge in [0.1, 0.15) is 5.75 Å². The van der Waals surface area contributed by atoms with Gasteiger partial charge < -0.3 is 15.3 Å². The highest BCUT2D eigenvalue weighted by atomic mass is 32.1. The molecule has 3 N–H and O–H groups in total. The Morgan fingerprint density at radius 2 is 1.79 bits per heavy atom. The van der Waals surface area contributed by atoms with Crippen LogP contribution in [0.5, 0.6) is 5.75 Å². The predicted octanol–water partition coefficient (Wildman–Crippen LogP) is 5.67. The van der Waals surface area contributed by atoms with Gasteiger partial charge in [0, 0.05) is 10.8 Å². The van der Waals surface area contributed by atoms with Gasteiger partial charge >= 0.3 is 0 Å². The fraction of sp³-hybridized carbons (Fsp3) is 0.200. The Kier molecular flexibility index (Phi) is 7.42. The Morgan fingerprint density at radius 3 is 2.45 bits per heavy atom.